The Hall–Kier alpha value is -5.18. The Morgan fingerprint density at radius 2 is 1.03 bits per heavy atom. The number of phenolic OH excluding ortho intramolecular Hbond substituents is 5. The SMILES string of the molecule is O=C1c2c(O)cc(O)cc2OCC1c1ccc(O)cc1.O=C1c2ccc(O)cc2OCC1c1ccc(O)cc1. The molecule has 9 heteroatoms. The monoisotopic (exact) mass is 528 g/mol. The lowest BCUT2D eigenvalue weighted by molar-refractivity contribution is 0.0884. The fourth-order valence-electron chi connectivity index (χ4n) is 4.55. The molecule has 2 aliphatic heterocycles. The largest absolute Gasteiger partial charge is 0.508 e. The van der Waals surface area contributed by atoms with E-state index >= 15 is 0 Å². The number of hydrogen-bond donors (Lipinski definition) is 5. The molecule has 0 amide bonds. The van der Waals surface area contributed by atoms with E-state index in [0.717, 1.165) is 11.6 Å². The Balaban J connectivity index is 0.000000158. The molecule has 0 bridgehead atoms. The van der Waals surface area contributed by atoms with Crippen LogP contribution in [0.2, 0.25) is 0 Å². The highest BCUT2D eigenvalue weighted by Crippen LogP contribution is 2.40. The lowest BCUT2D eigenvalue weighted by Gasteiger charge is -2.25. The van der Waals surface area contributed by atoms with Crippen LogP contribution in [0.15, 0.2) is 78.9 Å². The summed E-state index contributed by atoms with van der Waals surface area (Å²) >= 11 is 0. The maximum Gasteiger partial charge on any atom is 0.181 e. The van der Waals surface area contributed by atoms with Crippen molar-refractivity contribution in [3.63, 3.8) is 0 Å². The van der Waals surface area contributed by atoms with Gasteiger partial charge in [0.25, 0.3) is 0 Å². The van der Waals surface area contributed by atoms with Crippen LogP contribution < -0.4 is 9.47 Å². The standard InChI is InChI=1S/C15H12O5.C15H12O4/c16-9-3-1-8(2-4-9)11-7-20-13-6-10(17)5-12(18)14(13)15(11)19;16-10-3-1-9(2-4-10)13-8-19-14-7-11(17)5-6-12(14)15(13)18/h1-6,11,16-18H,7H2;1-7,13,16-17H,8H2. The molecule has 0 spiro atoms. The van der Waals surface area contributed by atoms with Crippen LogP contribution in [0.25, 0.3) is 0 Å². The van der Waals surface area contributed by atoms with Gasteiger partial charge in [0.05, 0.1) is 17.4 Å². The number of phenols is 5. The van der Waals surface area contributed by atoms with Gasteiger partial charge in [-0.2, -0.15) is 0 Å². The first-order chi connectivity index (χ1) is 18.7. The first kappa shape index (κ1) is 25.5. The van der Waals surface area contributed by atoms with Crippen LogP contribution in [0, 0.1) is 0 Å². The third-order valence-corrected chi connectivity index (χ3v) is 6.58. The van der Waals surface area contributed by atoms with Gasteiger partial charge in [-0.1, -0.05) is 24.3 Å². The summed E-state index contributed by atoms with van der Waals surface area (Å²) in [5, 5.41) is 47.1. The van der Waals surface area contributed by atoms with Crippen LogP contribution in [0.3, 0.4) is 0 Å². The number of ketones is 2. The van der Waals surface area contributed by atoms with Gasteiger partial charge in [-0.25, -0.2) is 0 Å². The van der Waals surface area contributed by atoms with Crippen molar-refractivity contribution in [2.45, 2.75) is 11.8 Å². The van der Waals surface area contributed by atoms with Gasteiger partial charge >= 0.3 is 0 Å². The number of rotatable bonds is 2. The van der Waals surface area contributed by atoms with Gasteiger partial charge in [-0.3, -0.25) is 9.59 Å². The minimum Gasteiger partial charge on any atom is -0.508 e. The second-order valence-corrected chi connectivity index (χ2v) is 9.16. The molecule has 0 aromatic heterocycles. The molecule has 2 heterocycles. The Morgan fingerprint density at radius 3 is 1.62 bits per heavy atom. The van der Waals surface area contributed by atoms with Crippen molar-refractivity contribution >= 4 is 11.6 Å². The fourth-order valence-corrected chi connectivity index (χ4v) is 4.55. The van der Waals surface area contributed by atoms with Crippen molar-refractivity contribution in [2.75, 3.05) is 13.2 Å². The second kappa shape index (κ2) is 10.3. The number of carbonyl (C=O) groups excluding carboxylic acids is 2. The van der Waals surface area contributed by atoms with Gasteiger partial charge in [0.1, 0.15) is 59.0 Å². The number of carbonyl (C=O) groups is 2. The topological polar surface area (TPSA) is 154 Å². The number of aromatic hydroxyl groups is 5. The van der Waals surface area contributed by atoms with Gasteiger partial charge in [0.15, 0.2) is 11.6 Å². The zero-order valence-electron chi connectivity index (χ0n) is 20.4. The highest BCUT2D eigenvalue weighted by molar-refractivity contribution is 6.06. The van der Waals surface area contributed by atoms with E-state index in [2.05, 4.69) is 0 Å². The number of hydrogen-bond acceptors (Lipinski definition) is 9. The predicted octanol–water partition coefficient (Wildman–Crippen LogP) is 4.62. The molecule has 0 saturated heterocycles. The molecule has 0 saturated carbocycles. The normalized spacial score (nSPS) is 17.5. The summed E-state index contributed by atoms with van der Waals surface area (Å²) in [5.41, 5.74) is 2.06. The van der Waals surface area contributed by atoms with E-state index < -0.39 is 5.92 Å². The summed E-state index contributed by atoms with van der Waals surface area (Å²) in [4.78, 5) is 24.8. The minimum atomic E-state index is -0.543. The number of Topliss-reactive ketones (excluding diaryl/α,β-unsaturated/α-hetero) is 2. The zero-order valence-corrected chi connectivity index (χ0v) is 20.4. The Bertz CT molecular complexity index is 1540. The van der Waals surface area contributed by atoms with E-state index in [1.165, 1.54) is 30.3 Å². The lowest BCUT2D eigenvalue weighted by Crippen LogP contribution is -2.26. The first-order valence-electron chi connectivity index (χ1n) is 12.0. The minimum absolute atomic E-state index is 0.0352. The van der Waals surface area contributed by atoms with E-state index in [9.17, 15) is 35.1 Å². The van der Waals surface area contributed by atoms with Crippen LogP contribution in [-0.4, -0.2) is 50.3 Å². The first-order valence-corrected chi connectivity index (χ1v) is 12.0. The summed E-state index contributed by atoms with van der Waals surface area (Å²) in [5.74, 6) is -0.718. The molecule has 2 atom stereocenters. The molecule has 5 N–H and O–H groups in total. The van der Waals surface area contributed by atoms with Crippen molar-refractivity contribution in [3.05, 3.63) is 101 Å². The van der Waals surface area contributed by atoms with E-state index in [4.69, 9.17) is 9.47 Å². The van der Waals surface area contributed by atoms with Gasteiger partial charge in [-0.15, -0.1) is 0 Å². The van der Waals surface area contributed by atoms with Crippen molar-refractivity contribution in [2.24, 2.45) is 0 Å². The average Bonchev–Trinajstić information content (AvgIpc) is 2.90. The third-order valence-electron chi connectivity index (χ3n) is 6.58. The summed E-state index contributed by atoms with van der Waals surface area (Å²) in [7, 11) is 0. The molecule has 4 aromatic carbocycles. The summed E-state index contributed by atoms with van der Waals surface area (Å²) in [6.07, 6.45) is 0. The molecule has 4 aromatic rings. The molecule has 2 unspecified atom stereocenters. The Labute approximate surface area is 222 Å². The molecule has 2 aliphatic rings. The highest BCUT2D eigenvalue weighted by Gasteiger charge is 2.33. The molecule has 6 rings (SSSR count). The molecule has 39 heavy (non-hydrogen) atoms. The van der Waals surface area contributed by atoms with E-state index in [0.29, 0.717) is 16.9 Å². The summed E-state index contributed by atoms with van der Waals surface area (Å²) in [6, 6.07) is 19.7. The predicted molar refractivity (Wildman–Crippen MR) is 139 cm³/mol. The van der Waals surface area contributed by atoms with E-state index in [1.54, 1.807) is 42.5 Å². The lowest BCUT2D eigenvalue weighted by atomic mass is 9.88. The molecular weight excluding hydrogens is 504 g/mol. The fraction of sp³-hybridized carbons (Fsp3) is 0.133. The smallest absolute Gasteiger partial charge is 0.181 e. The van der Waals surface area contributed by atoms with E-state index in [1.807, 2.05) is 0 Å². The van der Waals surface area contributed by atoms with Gasteiger partial charge < -0.3 is 35.0 Å². The summed E-state index contributed by atoms with van der Waals surface area (Å²) in [6.45, 7) is 0.361. The van der Waals surface area contributed by atoms with Crippen LogP contribution in [-0.2, 0) is 0 Å². The number of ether oxygens (including phenoxy) is 2. The van der Waals surface area contributed by atoms with Gasteiger partial charge in [0.2, 0.25) is 0 Å². The van der Waals surface area contributed by atoms with Crippen LogP contribution in [0.4, 0.5) is 0 Å². The zero-order chi connectivity index (χ0) is 27.7. The van der Waals surface area contributed by atoms with Crippen molar-refractivity contribution in [1.82, 2.24) is 0 Å². The Kier molecular flexibility index (Phi) is 6.72. The third kappa shape index (κ3) is 5.15. The average molecular weight is 529 g/mol. The van der Waals surface area contributed by atoms with Crippen molar-refractivity contribution < 1.29 is 44.6 Å². The van der Waals surface area contributed by atoms with E-state index in [-0.39, 0.29) is 70.8 Å². The van der Waals surface area contributed by atoms with Crippen molar-refractivity contribution in [1.29, 1.82) is 0 Å². The maximum absolute atomic E-state index is 12.5. The highest BCUT2D eigenvalue weighted by atomic mass is 16.5. The molecular formula is C30H24O9. The van der Waals surface area contributed by atoms with Gasteiger partial charge in [-0.05, 0) is 47.5 Å². The van der Waals surface area contributed by atoms with Crippen LogP contribution in [0.5, 0.6) is 40.2 Å². The number of fused-ring (bicyclic) bond motifs is 2. The molecule has 9 nitrogen and oxygen atoms in total. The Morgan fingerprint density at radius 1 is 0.538 bits per heavy atom. The van der Waals surface area contributed by atoms with Crippen molar-refractivity contribution in [3.8, 4) is 40.2 Å². The quantitative estimate of drug-likeness (QED) is 0.251. The van der Waals surface area contributed by atoms with Gasteiger partial charge in [0, 0.05) is 18.2 Å². The molecule has 0 radical (unpaired) electrons. The molecule has 0 fully saturated rings. The maximum atomic E-state index is 12.5. The molecule has 0 aliphatic carbocycles. The summed E-state index contributed by atoms with van der Waals surface area (Å²) < 4.78 is 11.0. The second-order valence-electron chi connectivity index (χ2n) is 9.16. The number of benzene rings is 4. The molecule has 198 valence electrons. The van der Waals surface area contributed by atoms with Crippen LogP contribution >= 0.6 is 0 Å². The van der Waals surface area contributed by atoms with Crippen LogP contribution in [0.1, 0.15) is 43.7 Å².